The molecule has 0 atom stereocenters. The number of nitrogens with one attached hydrogen (secondary N) is 2. The van der Waals surface area contributed by atoms with Crippen LogP contribution in [0.3, 0.4) is 0 Å². The van der Waals surface area contributed by atoms with Gasteiger partial charge in [0.05, 0.1) is 22.2 Å². The number of carbonyl (C=O) groups excluding carboxylic acids is 1. The Balaban J connectivity index is 1.72. The highest BCUT2D eigenvalue weighted by molar-refractivity contribution is 6.06. The molecule has 3 aromatic rings. The first-order valence-electron chi connectivity index (χ1n) is 9.14. The normalized spacial score (nSPS) is 15.3. The van der Waals surface area contributed by atoms with Crippen molar-refractivity contribution in [2.45, 2.75) is 31.3 Å². The summed E-state index contributed by atoms with van der Waals surface area (Å²) in [5, 5.41) is 14.0. The fourth-order valence-electron chi connectivity index (χ4n) is 3.84. The number of anilines is 1. The Bertz CT molecular complexity index is 1170. The molecule has 1 amide bonds. The van der Waals surface area contributed by atoms with Crippen LogP contribution in [0, 0.1) is 12.3 Å². The Kier molecular flexibility index (Phi) is 4.46. The molecule has 6 heteroatoms. The average molecular weight is 373 g/mol. The third-order valence-electron chi connectivity index (χ3n) is 5.28. The van der Waals surface area contributed by atoms with Crippen molar-refractivity contribution in [3.63, 3.8) is 0 Å². The van der Waals surface area contributed by atoms with Gasteiger partial charge in [-0.05, 0) is 31.0 Å². The van der Waals surface area contributed by atoms with Crippen molar-refractivity contribution in [1.29, 1.82) is 0 Å². The Morgan fingerprint density at radius 3 is 2.79 bits per heavy atom. The highest BCUT2D eigenvalue weighted by atomic mass is 16.3. The highest BCUT2D eigenvalue weighted by Gasteiger charge is 2.35. The van der Waals surface area contributed by atoms with E-state index in [2.05, 4.69) is 21.2 Å². The molecule has 0 radical (unpaired) electrons. The van der Waals surface area contributed by atoms with Gasteiger partial charge < -0.3 is 15.4 Å². The number of carbonyl (C=O) groups is 1. The highest BCUT2D eigenvalue weighted by Crippen LogP contribution is 2.41. The van der Waals surface area contributed by atoms with E-state index < -0.39 is 16.9 Å². The van der Waals surface area contributed by atoms with Gasteiger partial charge in [0.15, 0.2) is 0 Å². The summed E-state index contributed by atoms with van der Waals surface area (Å²) in [6.45, 7) is 0. The smallest absolute Gasteiger partial charge is 0.261 e. The summed E-state index contributed by atoms with van der Waals surface area (Å²) in [6.07, 6.45) is 11.7. The van der Waals surface area contributed by atoms with Gasteiger partial charge in [0.2, 0.25) is 5.43 Å². The molecule has 3 N–H and O–H groups in total. The molecular formula is C22H19N3O3. The minimum atomic E-state index is -0.978. The minimum absolute atomic E-state index is 0.0338. The van der Waals surface area contributed by atoms with Gasteiger partial charge in [0.1, 0.15) is 11.2 Å². The van der Waals surface area contributed by atoms with Crippen molar-refractivity contribution in [1.82, 2.24) is 9.97 Å². The van der Waals surface area contributed by atoms with Crippen molar-refractivity contribution in [3.8, 4) is 12.3 Å². The number of hydrogen-bond donors (Lipinski definition) is 3. The van der Waals surface area contributed by atoms with Crippen LogP contribution in [0.2, 0.25) is 0 Å². The van der Waals surface area contributed by atoms with Crippen LogP contribution in [0.25, 0.3) is 11.0 Å². The second-order valence-corrected chi connectivity index (χ2v) is 7.00. The molecule has 1 aliphatic rings. The zero-order valence-corrected chi connectivity index (χ0v) is 15.2. The number of aliphatic hydroxyl groups is 1. The van der Waals surface area contributed by atoms with Gasteiger partial charge in [-0.3, -0.25) is 9.59 Å². The number of aromatic nitrogens is 2. The van der Waals surface area contributed by atoms with E-state index in [4.69, 9.17) is 6.42 Å². The Labute approximate surface area is 161 Å². The number of amides is 1. The van der Waals surface area contributed by atoms with E-state index in [-0.39, 0.29) is 5.56 Å². The molecule has 2 heterocycles. The molecule has 28 heavy (non-hydrogen) atoms. The third-order valence-corrected chi connectivity index (χ3v) is 5.28. The molecule has 4 rings (SSSR count). The van der Waals surface area contributed by atoms with Crippen molar-refractivity contribution >= 4 is 22.6 Å². The molecule has 1 aromatic carbocycles. The van der Waals surface area contributed by atoms with Gasteiger partial charge in [-0.25, -0.2) is 4.98 Å². The lowest BCUT2D eigenvalue weighted by Crippen LogP contribution is -2.25. The van der Waals surface area contributed by atoms with E-state index in [0.29, 0.717) is 40.7 Å². The van der Waals surface area contributed by atoms with Crippen LogP contribution >= 0.6 is 0 Å². The summed E-state index contributed by atoms with van der Waals surface area (Å²) in [4.78, 5) is 32.4. The van der Waals surface area contributed by atoms with E-state index in [0.717, 1.165) is 12.8 Å². The number of fused-ring (bicyclic) bond motifs is 1. The first kappa shape index (κ1) is 18.0. The summed E-state index contributed by atoms with van der Waals surface area (Å²) in [5.41, 5.74) is 0.477. The summed E-state index contributed by atoms with van der Waals surface area (Å²) in [7, 11) is 0. The van der Waals surface area contributed by atoms with Crippen molar-refractivity contribution in [2.24, 2.45) is 0 Å². The first-order valence-corrected chi connectivity index (χ1v) is 9.14. The molecule has 0 bridgehead atoms. The second-order valence-electron chi connectivity index (χ2n) is 7.00. The van der Waals surface area contributed by atoms with Gasteiger partial charge in [0, 0.05) is 18.0 Å². The van der Waals surface area contributed by atoms with Crippen LogP contribution < -0.4 is 10.7 Å². The SMILES string of the molecule is C#Cc1c(NC(=O)c2c[nH]c3ncccc3c2=O)cccc1C1(O)CCCC1. The maximum absolute atomic E-state index is 12.8. The van der Waals surface area contributed by atoms with Gasteiger partial charge in [-0.1, -0.05) is 30.9 Å². The molecule has 0 saturated heterocycles. The zero-order valence-electron chi connectivity index (χ0n) is 15.2. The molecule has 0 unspecified atom stereocenters. The molecule has 1 fully saturated rings. The number of nitrogens with zero attached hydrogens (tertiary/aromatic N) is 1. The molecule has 2 aromatic heterocycles. The number of aromatic amines is 1. The van der Waals surface area contributed by atoms with Crippen LogP contribution in [-0.4, -0.2) is 21.0 Å². The maximum atomic E-state index is 12.8. The summed E-state index contributed by atoms with van der Waals surface area (Å²) < 4.78 is 0. The van der Waals surface area contributed by atoms with Crippen molar-refractivity contribution < 1.29 is 9.90 Å². The van der Waals surface area contributed by atoms with E-state index in [9.17, 15) is 14.7 Å². The van der Waals surface area contributed by atoms with Crippen molar-refractivity contribution in [3.05, 3.63) is 69.6 Å². The minimum Gasteiger partial charge on any atom is -0.385 e. The molecule has 140 valence electrons. The molecule has 1 saturated carbocycles. The quantitative estimate of drug-likeness (QED) is 0.615. The second kappa shape index (κ2) is 6.95. The largest absolute Gasteiger partial charge is 0.385 e. The lowest BCUT2D eigenvalue weighted by Gasteiger charge is -2.25. The van der Waals surface area contributed by atoms with Gasteiger partial charge >= 0.3 is 0 Å². The molecule has 1 aliphatic carbocycles. The summed E-state index contributed by atoms with van der Waals surface area (Å²) in [6, 6.07) is 8.47. The Morgan fingerprint density at radius 2 is 2.04 bits per heavy atom. The average Bonchev–Trinajstić information content (AvgIpc) is 3.16. The monoisotopic (exact) mass is 373 g/mol. The Hall–Kier alpha value is -3.43. The lowest BCUT2D eigenvalue weighted by atomic mass is 9.87. The van der Waals surface area contributed by atoms with Crippen LogP contribution in [0.1, 0.15) is 47.2 Å². The zero-order chi connectivity index (χ0) is 19.7. The number of H-pyrrole nitrogens is 1. The molecular weight excluding hydrogens is 354 g/mol. The standard InChI is InChI=1S/C22H19N3O3/c1-2-14-17(22(28)10-3-4-11-22)8-5-9-18(14)25-21(27)16-13-24-20-15(19(16)26)7-6-12-23-20/h1,5-9,12-13,28H,3-4,10-11H2,(H,25,27)(H,23,24,26). The topological polar surface area (TPSA) is 95.1 Å². The van der Waals surface area contributed by atoms with Crippen LogP contribution in [0.15, 0.2) is 47.5 Å². The van der Waals surface area contributed by atoms with Crippen LogP contribution in [-0.2, 0) is 5.60 Å². The fourth-order valence-corrected chi connectivity index (χ4v) is 3.84. The van der Waals surface area contributed by atoms with Crippen LogP contribution in [0.4, 0.5) is 5.69 Å². The summed E-state index contributed by atoms with van der Waals surface area (Å²) >= 11 is 0. The van der Waals surface area contributed by atoms with Crippen LogP contribution in [0.5, 0.6) is 0 Å². The fraction of sp³-hybridized carbons (Fsp3) is 0.227. The number of pyridine rings is 2. The Morgan fingerprint density at radius 1 is 1.25 bits per heavy atom. The molecule has 0 aliphatic heterocycles. The first-order chi connectivity index (χ1) is 13.5. The lowest BCUT2D eigenvalue weighted by molar-refractivity contribution is 0.0442. The third kappa shape index (κ3) is 2.96. The van der Waals surface area contributed by atoms with E-state index in [1.807, 2.05) is 0 Å². The maximum Gasteiger partial charge on any atom is 0.261 e. The predicted octanol–water partition coefficient (Wildman–Crippen LogP) is 2.92. The number of benzene rings is 1. The van der Waals surface area contributed by atoms with Gasteiger partial charge in [0.25, 0.3) is 5.91 Å². The van der Waals surface area contributed by atoms with Gasteiger partial charge in [-0.15, -0.1) is 6.42 Å². The number of terminal acetylenes is 1. The number of rotatable bonds is 3. The van der Waals surface area contributed by atoms with E-state index in [1.54, 1.807) is 36.5 Å². The summed E-state index contributed by atoms with van der Waals surface area (Å²) in [5.74, 6) is 2.03. The van der Waals surface area contributed by atoms with E-state index >= 15 is 0 Å². The number of hydrogen-bond acceptors (Lipinski definition) is 4. The molecule has 0 spiro atoms. The van der Waals surface area contributed by atoms with E-state index in [1.165, 1.54) is 6.20 Å². The van der Waals surface area contributed by atoms with Gasteiger partial charge in [-0.2, -0.15) is 0 Å². The molecule has 6 nitrogen and oxygen atoms in total. The predicted molar refractivity (Wildman–Crippen MR) is 107 cm³/mol. The van der Waals surface area contributed by atoms with Crippen molar-refractivity contribution in [2.75, 3.05) is 5.32 Å².